The Morgan fingerprint density at radius 3 is 2.10 bits per heavy atom. The van der Waals surface area contributed by atoms with Crippen molar-refractivity contribution in [3.8, 4) is 0 Å². The van der Waals surface area contributed by atoms with E-state index in [-0.39, 0.29) is 29.6 Å². The molecule has 0 atom stereocenters. The molecule has 4 heteroatoms. The molecule has 0 nitrogen and oxygen atoms in total. The Kier molecular flexibility index (Phi) is 4.36. The van der Waals surface area contributed by atoms with Gasteiger partial charge in [0, 0.05) is 0 Å². The molecule has 0 saturated carbocycles. The van der Waals surface area contributed by atoms with Gasteiger partial charge in [0.05, 0.1) is 0 Å². The van der Waals surface area contributed by atoms with E-state index >= 15 is 0 Å². The molecule has 1 aromatic rings. The Morgan fingerprint density at radius 1 is 1.10 bits per heavy atom. The molecular weight excluding hydrogens is 165 g/mol. The predicted octanol–water partition coefficient (Wildman–Crippen LogP) is -1.13. The molecule has 0 aromatic heterocycles. The van der Waals surface area contributed by atoms with Gasteiger partial charge in [-0.25, -0.2) is 8.78 Å². The van der Waals surface area contributed by atoms with Crippen LogP contribution in [0.3, 0.4) is 0 Å². The van der Waals surface area contributed by atoms with Crippen LogP contribution in [0.25, 0.3) is 0 Å². The van der Waals surface area contributed by atoms with Gasteiger partial charge in [0.25, 0.3) is 0 Å². The summed E-state index contributed by atoms with van der Waals surface area (Å²) in [5.41, 5.74) is 0. The van der Waals surface area contributed by atoms with Crippen LogP contribution in [0.4, 0.5) is 8.78 Å². The van der Waals surface area contributed by atoms with E-state index in [1.54, 1.807) is 0 Å². The van der Waals surface area contributed by atoms with E-state index in [0.29, 0.717) is 4.90 Å². The zero-order valence-electron chi connectivity index (χ0n) is 5.40. The minimum Gasteiger partial charge on any atom is -0.780 e. The summed E-state index contributed by atoms with van der Waals surface area (Å²) in [5, 5.41) is 0. The zero-order valence-corrected chi connectivity index (χ0v) is 8.21. The minimum atomic E-state index is -0.887. The second-order valence-corrected chi connectivity index (χ2v) is 2.05. The first-order chi connectivity index (χ1) is 4.20. The third-order valence-electron chi connectivity index (χ3n) is 0.891. The maximum atomic E-state index is 12.1. The van der Waals surface area contributed by atoms with Gasteiger partial charge in [-0.05, 0) is 12.1 Å². The van der Waals surface area contributed by atoms with Crippen molar-refractivity contribution in [2.24, 2.45) is 0 Å². The second kappa shape index (κ2) is 4.23. The predicted molar refractivity (Wildman–Crippen MR) is 32.0 cm³/mol. The first-order valence-electron chi connectivity index (χ1n) is 2.32. The van der Waals surface area contributed by atoms with Crippen molar-refractivity contribution in [2.45, 2.75) is 4.90 Å². The smallest absolute Gasteiger partial charge is 0.780 e. The van der Waals surface area contributed by atoms with Crippen molar-refractivity contribution in [3.05, 3.63) is 29.8 Å². The molecule has 1 rings (SSSR count). The number of benzene rings is 1. The van der Waals surface area contributed by atoms with Gasteiger partial charge in [-0.15, -0.1) is 0 Å². The van der Waals surface area contributed by atoms with Gasteiger partial charge in [-0.3, -0.25) is 0 Å². The average molecular weight is 168 g/mol. The summed E-state index contributed by atoms with van der Waals surface area (Å²) in [6.07, 6.45) is 0. The Morgan fingerprint density at radius 2 is 1.70 bits per heavy atom. The van der Waals surface area contributed by atoms with Crippen LogP contribution in [-0.4, -0.2) is 0 Å². The van der Waals surface area contributed by atoms with E-state index in [1.165, 1.54) is 6.07 Å². The topological polar surface area (TPSA) is 0 Å². The van der Waals surface area contributed by atoms with Crippen molar-refractivity contribution in [1.29, 1.82) is 0 Å². The van der Waals surface area contributed by atoms with Gasteiger partial charge < -0.3 is 12.6 Å². The van der Waals surface area contributed by atoms with Crippen molar-refractivity contribution >= 4 is 12.6 Å². The van der Waals surface area contributed by atoms with Crippen molar-refractivity contribution in [2.75, 3.05) is 0 Å². The second-order valence-electron chi connectivity index (χ2n) is 1.58. The van der Waals surface area contributed by atoms with Crippen LogP contribution in [0.5, 0.6) is 0 Å². The van der Waals surface area contributed by atoms with E-state index in [4.69, 9.17) is 0 Å². The van der Waals surface area contributed by atoms with E-state index in [2.05, 4.69) is 12.6 Å². The first-order valence-corrected chi connectivity index (χ1v) is 2.73. The molecule has 0 aliphatic rings. The van der Waals surface area contributed by atoms with Crippen LogP contribution in [-0.2, 0) is 12.6 Å². The molecule has 0 saturated heterocycles. The van der Waals surface area contributed by atoms with E-state index < -0.39 is 11.6 Å². The normalized spacial score (nSPS) is 8.60. The van der Waals surface area contributed by atoms with Crippen LogP contribution < -0.4 is 29.6 Å². The van der Waals surface area contributed by atoms with Crippen molar-refractivity contribution in [3.63, 3.8) is 0 Å². The molecule has 0 aliphatic heterocycles. The molecule has 0 spiro atoms. The van der Waals surface area contributed by atoms with E-state index in [0.717, 1.165) is 12.1 Å². The fourth-order valence-electron chi connectivity index (χ4n) is 0.477. The minimum absolute atomic E-state index is 0. The summed E-state index contributed by atoms with van der Waals surface area (Å²) in [6.45, 7) is 0. The first kappa shape index (κ1) is 10.3. The fraction of sp³-hybridized carbons (Fsp3) is 0. The maximum absolute atomic E-state index is 12.1. The third-order valence-corrected chi connectivity index (χ3v) is 1.14. The van der Waals surface area contributed by atoms with Gasteiger partial charge in [0.2, 0.25) is 0 Å². The Balaban J connectivity index is 0.000000810. The summed E-state index contributed by atoms with van der Waals surface area (Å²) in [5.74, 6) is -1.74. The third kappa shape index (κ3) is 2.50. The Bertz CT molecular complexity index is 227. The van der Waals surface area contributed by atoms with Gasteiger partial charge in [-0.1, -0.05) is 6.07 Å². The Labute approximate surface area is 85.3 Å². The molecular formula is C6H3F2NaS. The molecule has 48 valence electrons. The van der Waals surface area contributed by atoms with Crippen LogP contribution in [0.15, 0.2) is 23.1 Å². The molecule has 0 amide bonds. The van der Waals surface area contributed by atoms with Gasteiger partial charge in [-0.2, -0.15) is 4.90 Å². The molecule has 10 heavy (non-hydrogen) atoms. The van der Waals surface area contributed by atoms with E-state index in [1.807, 2.05) is 0 Å². The summed E-state index contributed by atoms with van der Waals surface area (Å²) < 4.78 is 24.2. The average Bonchev–Trinajstić information content (AvgIpc) is 1.80. The number of hydrogen-bond acceptors (Lipinski definition) is 1. The standard InChI is InChI=1S/C6H4F2S.Na/c7-5-2-1-4(9)3-6(5)8;/h1-3,9H;/q;+1/p-1. The molecule has 0 fully saturated rings. The van der Waals surface area contributed by atoms with Gasteiger partial charge in [0.15, 0.2) is 11.6 Å². The molecule has 1 aromatic carbocycles. The largest absolute Gasteiger partial charge is 1.00 e. The van der Waals surface area contributed by atoms with Gasteiger partial charge in [0.1, 0.15) is 0 Å². The zero-order chi connectivity index (χ0) is 6.85. The SMILES string of the molecule is Fc1ccc([S-])cc1F.[Na+]. The summed E-state index contributed by atoms with van der Waals surface area (Å²) in [7, 11) is 0. The molecule has 0 N–H and O–H groups in total. The van der Waals surface area contributed by atoms with Crippen LogP contribution in [0.2, 0.25) is 0 Å². The van der Waals surface area contributed by atoms with Crippen LogP contribution in [0, 0.1) is 11.6 Å². The summed E-state index contributed by atoms with van der Waals surface area (Å²) in [4.78, 5) is 0.314. The van der Waals surface area contributed by atoms with Gasteiger partial charge >= 0.3 is 29.6 Å². The molecule has 0 unspecified atom stereocenters. The fourth-order valence-corrected chi connectivity index (χ4v) is 0.648. The van der Waals surface area contributed by atoms with Crippen molar-refractivity contribution in [1.82, 2.24) is 0 Å². The Hall–Kier alpha value is 0.300. The summed E-state index contributed by atoms with van der Waals surface area (Å²) >= 11 is 4.55. The van der Waals surface area contributed by atoms with E-state index in [9.17, 15) is 8.78 Å². The quantitative estimate of drug-likeness (QED) is 0.349. The van der Waals surface area contributed by atoms with Crippen molar-refractivity contribution < 1.29 is 38.3 Å². The molecule has 0 radical (unpaired) electrons. The van der Waals surface area contributed by atoms with Crippen LogP contribution in [0.1, 0.15) is 0 Å². The molecule has 0 bridgehead atoms. The molecule has 0 heterocycles. The summed E-state index contributed by atoms with van der Waals surface area (Å²) in [6, 6.07) is 3.33. The monoisotopic (exact) mass is 168 g/mol. The number of hydrogen-bond donors (Lipinski definition) is 0. The maximum Gasteiger partial charge on any atom is 1.00 e. The molecule has 0 aliphatic carbocycles. The number of halogens is 2. The number of rotatable bonds is 0. The van der Waals surface area contributed by atoms with Crippen LogP contribution >= 0.6 is 0 Å².